The first-order valence-corrected chi connectivity index (χ1v) is 14.9. The van der Waals surface area contributed by atoms with E-state index in [1.165, 1.54) is 0 Å². The fourth-order valence-electron chi connectivity index (χ4n) is 4.28. The van der Waals surface area contributed by atoms with Gasteiger partial charge in [0.1, 0.15) is 6.04 Å². The van der Waals surface area contributed by atoms with Crippen molar-refractivity contribution < 1.29 is 17.9 Å². The normalized spacial score (nSPS) is 18.0. The van der Waals surface area contributed by atoms with Gasteiger partial charge in [-0.05, 0) is 53.0 Å². The zero-order valence-corrected chi connectivity index (χ0v) is 22.8. The van der Waals surface area contributed by atoms with Gasteiger partial charge < -0.3 is 9.47 Å². The van der Waals surface area contributed by atoms with Crippen molar-refractivity contribution in [3.05, 3.63) is 126 Å². The molecule has 4 aromatic carbocycles. The smallest absolute Gasteiger partial charge is 0.280 e. The highest BCUT2D eigenvalue weighted by molar-refractivity contribution is 8.07. The fraction of sp³-hybridized carbons (Fsp3) is 0.167. The number of sulfonamides is 1. The van der Waals surface area contributed by atoms with E-state index in [0.29, 0.717) is 12.5 Å². The SMILES string of the molecule is COC[C@@H]1N=C(c2ccccc2[S+](NS(=O)(=O)c2ccc(C)cc2)c2ccccc2)O[C@H]1c1ccccc1. The van der Waals surface area contributed by atoms with Crippen LogP contribution >= 0.6 is 0 Å². The highest BCUT2D eigenvalue weighted by Gasteiger charge is 2.39. The standard InChI is InChI=1S/C30H29N2O4S2/c1-22-17-19-25(20-18-22)38(33,34)32-37(24-13-7-4-8-14-24)28-16-10-9-15-26(28)30-31-27(21-35-2)29(36-30)23-11-5-3-6-12-23/h3-20,27,29,32H,21H2,1-2H3/q+1/t27-,29-,37?/m0/s1. The first-order valence-electron chi connectivity index (χ1n) is 12.2. The van der Waals surface area contributed by atoms with Gasteiger partial charge in [-0.3, -0.25) is 0 Å². The lowest BCUT2D eigenvalue weighted by atomic mass is 10.0. The maximum atomic E-state index is 13.5. The van der Waals surface area contributed by atoms with Crippen molar-refractivity contribution in [2.24, 2.45) is 4.99 Å². The molecular weight excluding hydrogens is 516 g/mol. The predicted octanol–water partition coefficient (Wildman–Crippen LogP) is 5.46. The minimum atomic E-state index is -3.82. The van der Waals surface area contributed by atoms with E-state index in [1.807, 2.05) is 91.9 Å². The Labute approximate surface area is 226 Å². The van der Waals surface area contributed by atoms with E-state index in [1.54, 1.807) is 31.4 Å². The third-order valence-electron chi connectivity index (χ3n) is 6.18. The number of ether oxygens (including phenoxy) is 2. The third kappa shape index (κ3) is 5.68. The van der Waals surface area contributed by atoms with Crippen LogP contribution in [0.5, 0.6) is 0 Å². The van der Waals surface area contributed by atoms with Crippen molar-refractivity contribution in [2.75, 3.05) is 13.7 Å². The van der Waals surface area contributed by atoms with Gasteiger partial charge in [0.15, 0.2) is 27.0 Å². The molecule has 0 aromatic heterocycles. The minimum Gasteiger partial charge on any atom is -0.467 e. The quantitative estimate of drug-likeness (QED) is 0.284. The molecule has 1 N–H and O–H groups in total. The second kappa shape index (κ2) is 11.5. The predicted molar refractivity (Wildman–Crippen MR) is 151 cm³/mol. The first-order chi connectivity index (χ1) is 18.5. The van der Waals surface area contributed by atoms with E-state index in [0.717, 1.165) is 26.5 Å². The Morgan fingerprint density at radius 1 is 0.868 bits per heavy atom. The lowest BCUT2D eigenvalue weighted by Crippen LogP contribution is -2.32. The van der Waals surface area contributed by atoms with Crippen molar-refractivity contribution >= 4 is 27.0 Å². The molecule has 3 atom stereocenters. The topological polar surface area (TPSA) is 77.0 Å². The highest BCUT2D eigenvalue weighted by atomic mass is 32.3. The maximum absolute atomic E-state index is 13.5. The number of aliphatic imine (C=N–C) groups is 1. The average molecular weight is 546 g/mol. The summed E-state index contributed by atoms with van der Waals surface area (Å²) in [5.74, 6) is 0.472. The molecule has 0 saturated heterocycles. The van der Waals surface area contributed by atoms with Crippen molar-refractivity contribution in [3.63, 3.8) is 0 Å². The van der Waals surface area contributed by atoms with E-state index < -0.39 is 21.1 Å². The van der Waals surface area contributed by atoms with Crippen LogP contribution in [0.25, 0.3) is 0 Å². The van der Waals surface area contributed by atoms with Gasteiger partial charge >= 0.3 is 0 Å². The van der Waals surface area contributed by atoms with Gasteiger partial charge in [0.25, 0.3) is 10.0 Å². The van der Waals surface area contributed by atoms with Crippen molar-refractivity contribution in [2.45, 2.75) is 33.8 Å². The van der Waals surface area contributed by atoms with Crippen LogP contribution in [-0.2, 0) is 30.6 Å². The molecule has 0 spiro atoms. The Kier molecular flexibility index (Phi) is 7.95. The zero-order valence-electron chi connectivity index (χ0n) is 21.2. The molecule has 0 radical (unpaired) electrons. The van der Waals surface area contributed by atoms with E-state index in [-0.39, 0.29) is 17.0 Å². The summed E-state index contributed by atoms with van der Waals surface area (Å²) >= 11 is -1.03. The molecule has 8 heteroatoms. The molecule has 0 amide bonds. The molecule has 1 heterocycles. The number of benzene rings is 4. The zero-order chi connectivity index (χ0) is 26.5. The van der Waals surface area contributed by atoms with Crippen molar-refractivity contribution in [1.29, 1.82) is 0 Å². The summed E-state index contributed by atoms with van der Waals surface area (Å²) in [6.07, 6.45) is -0.304. The Balaban J connectivity index is 1.56. The summed E-state index contributed by atoms with van der Waals surface area (Å²) in [7, 11) is -2.18. The van der Waals surface area contributed by atoms with Crippen LogP contribution in [0.2, 0.25) is 0 Å². The van der Waals surface area contributed by atoms with Gasteiger partial charge in [-0.1, -0.05) is 78.4 Å². The largest absolute Gasteiger partial charge is 0.467 e. The lowest BCUT2D eigenvalue weighted by Gasteiger charge is -2.18. The fourth-order valence-corrected chi connectivity index (χ4v) is 8.06. The van der Waals surface area contributed by atoms with Crippen LogP contribution in [0, 0.1) is 6.92 Å². The number of aryl methyl sites for hydroxylation is 1. The monoisotopic (exact) mass is 545 g/mol. The number of hydrogen-bond donors (Lipinski definition) is 1. The third-order valence-corrected chi connectivity index (χ3v) is 10.2. The van der Waals surface area contributed by atoms with Crippen molar-refractivity contribution in [1.82, 2.24) is 4.13 Å². The molecule has 194 valence electrons. The molecule has 0 aliphatic carbocycles. The number of nitrogens with zero attached hydrogens (tertiary/aromatic N) is 1. The lowest BCUT2D eigenvalue weighted by molar-refractivity contribution is 0.120. The van der Waals surface area contributed by atoms with Gasteiger partial charge in [-0.25, -0.2) is 13.4 Å². The van der Waals surface area contributed by atoms with Crippen LogP contribution in [0.4, 0.5) is 0 Å². The van der Waals surface area contributed by atoms with E-state index in [9.17, 15) is 8.42 Å². The molecule has 5 rings (SSSR count). The van der Waals surface area contributed by atoms with E-state index in [4.69, 9.17) is 14.5 Å². The van der Waals surface area contributed by atoms with Crippen LogP contribution in [0.1, 0.15) is 22.8 Å². The van der Waals surface area contributed by atoms with Gasteiger partial charge in [0, 0.05) is 7.11 Å². The van der Waals surface area contributed by atoms with Crippen molar-refractivity contribution in [3.8, 4) is 0 Å². The summed E-state index contributed by atoms with van der Waals surface area (Å²) in [5, 5.41) is 0. The van der Waals surface area contributed by atoms with Gasteiger partial charge in [-0.15, -0.1) is 0 Å². The summed E-state index contributed by atoms with van der Waals surface area (Å²) in [5.41, 5.74) is 2.74. The molecule has 0 bridgehead atoms. The second-order valence-corrected chi connectivity index (χ2v) is 12.6. The number of rotatable bonds is 9. The van der Waals surface area contributed by atoms with Crippen LogP contribution in [0.3, 0.4) is 0 Å². The molecule has 1 unspecified atom stereocenters. The maximum Gasteiger partial charge on any atom is 0.280 e. The summed E-state index contributed by atoms with van der Waals surface area (Å²) < 4.78 is 41.9. The van der Waals surface area contributed by atoms with Gasteiger partial charge in [0.05, 0.1) is 17.1 Å². The molecule has 0 fully saturated rings. The van der Waals surface area contributed by atoms with E-state index >= 15 is 0 Å². The Morgan fingerprint density at radius 2 is 1.50 bits per heavy atom. The summed E-state index contributed by atoms with van der Waals surface area (Å²) in [4.78, 5) is 6.73. The molecule has 1 aliphatic heterocycles. The summed E-state index contributed by atoms with van der Waals surface area (Å²) in [6.45, 7) is 2.33. The Bertz CT molecular complexity index is 1510. The molecular formula is C30H29N2O4S2+. The molecule has 0 saturated carbocycles. The molecule has 1 aliphatic rings. The number of nitrogens with one attached hydrogen (secondary N) is 1. The van der Waals surface area contributed by atoms with Crippen LogP contribution in [-0.4, -0.2) is 34.1 Å². The Morgan fingerprint density at radius 3 is 2.18 bits per heavy atom. The summed E-state index contributed by atoms with van der Waals surface area (Å²) in [6, 6.07) is 33.8. The van der Waals surface area contributed by atoms with Gasteiger partial charge in [-0.2, -0.15) is 0 Å². The highest BCUT2D eigenvalue weighted by Crippen LogP contribution is 2.34. The Hall–Kier alpha value is -3.43. The number of methoxy groups -OCH3 is 1. The number of hydrogen-bond acceptors (Lipinski definition) is 5. The van der Waals surface area contributed by atoms with Gasteiger partial charge in [0.2, 0.25) is 5.90 Å². The minimum absolute atomic E-state index is 0.216. The average Bonchev–Trinajstić information content (AvgIpc) is 3.37. The first kappa shape index (κ1) is 26.2. The van der Waals surface area contributed by atoms with Crippen LogP contribution in [0.15, 0.2) is 129 Å². The van der Waals surface area contributed by atoms with E-state index in [2.05, 4.69) is 4.13 Å². The second-order valence-electron chi connectivity index (χ2n) is 8.92. The molecule has 38 heavy (non-hydrogen) atoms. The molecule has 6 nitrogen and oxygen atoms in total. The molecule has 4 aromatic rings. The van der Waals surface area contributed by atoms with Crippen LogP contribution < -0.4 is 4.13 Å².